The van der Waals surface area contributed by atoms with Crippen molar-refractivity contribution in [1.29, 1.82) is 0 Å². The van der Waals surface area contributed by atoms with Crippen molar-refractivity contribution >= 4 is 20.9 Å². The molecule has 2 heterocycles. The van der Waals surface area contributed by atoms with Gasteiger partial charge in [0.15, 0.2) is 0 Å². The zero-order valence-corrected chi connectivity index (χ0v) is 19.4. The second kappa shape index (κ2) is 9.74. The second-order valence-corrected chi connectivity index (χ2v) is 11.2. The zero-order valence-electron chi connectivity index (χ0n) is 18.6. The summed E-state index contributed by atoms with van der Waals surface area (Å²) < 4.78 is 63.9. The van der Waals surface area contributed by atoms with Gasteiger partial charge < -0.3 is 9.47 Å². The van der Waals surface area contributed by atoms with Crippen molar-refractivity contribution in [2.45, 2.75) is 81.1 Å². The Hall–Kier alpha value is -1.94. The summed E-state index contributed by atoms with van der Waals surface area (Å²) in [7, 11) is -5.50. The lowest BCUT2D eigenvalue weighted by Crippen LogP contribution is -2.44. The van der Waals surface area contributed by atoms with Crippen molar-refractivity contribution < 1.29 is 21.6 Å². The lowest BCUT2D eigenvalue weighted by Gasteiger charge is -2.39. The monoisotopic (exact) mass is 485 g/mol. The molecule has 1 saturated carbocycles. The van der Waals surface area contributed by atoms with E-state index in [0.29, 0.717) is 29.9 Å². The zero-order chi connectivity index (χ0) is 23.6. The van der Waals surface area contributed by atoms with E-state index in [9.17, 15) is 26.4 Å². The first kappa shape index (κ1) is 24.2. The Morgan fingerprint density at radius 2 is 1.52 bits per heavy atom. The van der Waals surface area contributed by atoms with Crippen molar-refractivity contribution in [2.75, 3.05) is 13.1 Å². The number of piperidine rings is 1. The molecule has 1 aliphatic heterocycles. The lowest BCUT2D eigenvalue weighted by atomic mass is 9.93. The first-order valence-electron chi connectivity index (χ1n) is 11.7. The molecule has 1 aliphatic carbocycles. The van der Waals surface area contributed by atoms with Crippen molar-refractivity contribution in [2.24, 2.45) is 0 Å². The molecule has 2 aliphatic rings. The number of sulfone groups is 1. The molecule has 0 amide bonds. The minimum absolute atomic E-state index is 0.206. The van der Waals surface area contributed by atoms with E-state index in [4.69, 9.17) is 0 Å². The summed E-state index contributed by atoms with van der Waals surface area (Å²) in [5.41, 5.74) is -5.90. The molecule has 0 unspecified atom stereocenters. The number of hydrogen-bond acceptors (Lipinski definition) is 5. The second-order valence-electron chi connectivity index (χ2n) is 9.19. The fourth-order valence-corrected chi connectivity index (χ4v) is 5.94. The Balaban J connectivity index is 1.61. The summed E-state index contributed by atoms with van der Waals surface area (Å²) in [6.45, 7) is 1.63. The Morgan fingerprint density at radius 3 is 2.15 bits per heavy atom. The number of halogens is 3. The molecule has 0 bridgehead atoms. The van der Waals surface area contributed by atoms with Gasteiger partial charge >= 0.3 is 5.51 Å². The fraction of sp³-hybridized carbons (Fsp3) is 0.652. The third-order valence-corrected chi connectivity index (χ3v) is 8.36. The number of benzene rings is 1. The number of hydrogen-bond donors (Lipinski definition) is 0. The Labute approximate surface area is 191 Å². The quantitative estimate of drug-likeness (QED) is 0.634. The maximum absolute atomic E-state index is 13.2. The van der Waals surface area contributed by atoms with Gasteiger partial charge in [0.1, 0.15) is 11.4 Å². The SMILES string of the molecule is O=c1c(CS(=O)(=O)C(F)(F)F)nc2ccccc2n1C1CCN(C2CCCCCCC2)CC1. The molecule has 10 heteroatoms. The number of rotatable bonds is 4. The molecule has 182 valence electrons. The number of likely N-dealkylation sites (tertiary alicyclic amines) is 1. The fourth-order valence-electron chi connectivity index (χ4n) is 5.23. The van der Waals surface area contributed by atoms with Crippen molar-refractivity contribution in [3.63, 3.8) is 0 Å². The maximum atomic E-state index is 13.2. The minimum Gasteiger partial charge on any atom is -0.302 e. The molecule has 2 aromatic rings. The number of fused-ring (bicyclic) bond motifs is 1. The first-order chi connectivity index (χ1) is 15.7. The number of alkyl halides is 3. The van der Waals surface area contributed by atoms with E-state index in [0.717, 1.165) is 13.1 Å². The van der Waals surface area contributed by atoms with Gasteiger partial charge in [-0.25, -0.2) is 13.4 Å². The van der Waals surface area contributed by atoms with E-state index in [1.165, 1.54) is 49.5 Å². The van der Waals surface area contributed by atoms with E-state index in [1.54, 1.807) is 24.3 Å². The van der Waals surface area contributed by atoms with E-state index < -0.39 is 32.4 Å². The molecule has 0 radical (unpaired) electrons. The van der Waals surface area contributed by atoms with Gasteiger partial charge in [-0.2, -0.15) is 13.2 Å². The van der Waals surface area contributed by atoms with Crippen molar-refractivity contribution in [3.05, 3.63) is 40.3 Å². The van der Waals surface area contributed by atoms with Crippen LogP contribution < -0.4 is 5.56 Å². The Kier molecular flexibility index (Phi) is 7.14. The van der Waals surface area contributed by atoms with Gasteiger partial charge in [0.25, 0.3) is 15.4 Å². The van der Waals surface area contributed by atoms with Crippen LogP contribution in [0.5, 0.6) is 0 Å². The average molecular weight is 486 g/mol. The van der Waals surface area contributed by atoms with E-state index in [2.05, 4.69) is 9.88 Å². The van der Waals surface area contributed by atoms with Crippen LogP contribution in [-0.2, 0) is 15.6 Å². The van der Waals surface area contributed by atoms with Gasteiger partial charge in [-0.05, 0) is 37.8 Å². The molecular formula is C23H30F3N3O3S. The van der Waals surface area contributed by atoms with Crippen molar-refractivity contribution in [1.82, 2.24) is 14.5 Å². The standard InChI is InChI=1S/C23H30F3N3O3S/c24-23(25,26)33(31,32)16-20-22(30)29(21-11-7-6-10-19(21)27-20)18-12-14-28(15-13-18)17-8-4-2-1-3-5-9-17/h6-7,10-11,17-18H,1-5,8-9,12-16H2. The largest absolute Gasteiger partial charge is 0.497 e. The third kappa shape index (κ3) is 5.26. The molecule has 1 aromatic heterocycles. The van der Waals surface area contributed by atoms with E-state index in [-0.39, 0.29) is 6.04 Å². The molecule has 33 heavy (non-hydrogen) atoms. The summed E-state index contributed by atoms with van der Waals surface area (Å²) in [5.74, 6) is -1.44. The molecule has 1 saturated heterocycles. The average Bonchev–Trinajstić information content (AvgIpc) is 2.74. The maximum Gasteiger partial charge on any atom is 0.497 e. The van der Waals surface area contributed by atoms with Gasteiger partial charge in [0.05, 0.1) is 11.0 Å². The Morgan fingerprint density at radius 1 is 0.909 bits per heavy atom. The molecule has 1 aromatic carbocycles. The molecule has 0 N–H and O–H groups in total. The van der Waals surface area contributed by atoms with Crippen LogP contribution in [0.1, 0.15) is 69.5 Å². The predicted molar refractivity (Wildman–Crippen MR) is 121 cm³/mol. The summed E-state index contributed by atoms with van der Waals surface area (Å²) >= 11 is 0. The summed E-state index contributed by atoms with van der Waals surface area (Å²) in [5, 5.41) is 0. The van der Waals surface area contributed by atoms with Crippen LogP contribution in [0.15, 0.2) is 29.1 Å². The Bertz CT molecular complexity index is 1130. The minimum atomic E-state index is -5.50. The lowest BCUT2D eigenvalue weighted by molar-refractivity contribution is -0.0438. The normalized spacial score (nSPS) is 20.6. The van der Waals surface area contributed by atoms with Crippen LogP contribution in [0.2, 0.25) is 0 Å². The van der Waals surface area contributed by atoms with Gasteiger partial charge in [0.2, 0.25) is 0 Å². The smallest absolute Gasteiger partial charge is 0.302 e. The van der Waals surface area contributed by atoms with Gasteiger partial charge in [-0.15, -0.1) is 0 Å². The first-order valence-corrected chi connectivity index (χ1v) is 13.4. The highest BCUT2D eigenvalue weighted by molar-refractivity contribution is 7.91. The van der Waals surface area contributed by atoms with Gasteiger partial charge in [0, 0.05) is 25.2 Å². The van der Waals surface area contributed by atoms with Gasteiger partial charge in [-0.3, -0.25) is 4.79 Å². The summed E-state index contributed by atoms with van der Waals surface area (Å²) in [6.07, 6.45) is 10.1. The molecular weight excluding hydrogens is 455 g/mol. The third-order valence-electron chi connectivity index (χ3n) is 7.00. The van der Waals surface area contributed by atoms with Crippen LogP contribution in [0, 0.1) is 0 Å². The van der Waals surface area contributed by atoms with Crippen molar-refractivity contribution in [3.8, 4) is 0 Å². The molecule has 4 rings (SSSR count). The molecule has 0 spiro atoms. The molecule has 2 fully saturated rings. The van der Waals surface area contributed by atoms with Crippen LogP contribution in [0.4, 0.5) is 13.2 Å². The van der Waals surface area contributed by atoms with E-state index in [1.807, 2.05) is 0 Å². The van der Waals surface area contributed by atoms with Gasteiger partial charge in [-0.1, -0.05) is 44.2 Å². The topological polar surface area (TPSA) is 72.3 Å². The summed E-state index contributed by atoms with van der Waals surface area (Å²) in [6, 6.07) is 7.07. The number of nitrogens with zero attached hydrogens (tertiary/aromatic N) is 3. The van der Waals surface area contributed by atoms with Crippen LogP contribution in [0.3, 0.4) is 0 Å². The van der Waals surface area contributed by atoms with Crippen LogP contribution in [0.25, 0.3) is 11.0 Å². The van der Waals surface area contributed by atoms with E-state index >= 15 is 0 Å². The number of para-hydroxylation sites is 2. The highest BCUT2D eigenvalue weighted by Crippen LogP contribution is 2.30. The van der Waals surface area contributed by atoms with Crippen LogP contribution in [-0.4, -0.2) is 47.5 Å². The highest BCUT2D eigenvalue weighted by atomic mass is 32.2. The van der Waals surface area contributed by atoms with Crippen LogP contribution >= 0.6 is 0 Å². The number of aromatic nitrogens is 2. The predicted octanol–water partition coefficient (Wildman–Crippen LogP) is 4.58. The highest BCUT2D eigenvalue weighted by Gasteiger charge is 2.46. The molecule has 6 nitrogen and oxygen atoms in total. The molecule has 0 atom stereocenters. The summed E-state index contributed by atoms with van der Waals surface area (Å²) in [4.78, 5) is 19.7.